The smallest absolute Gasteiger partial charge is 0.0827 e. The molecule has 0 aromatic carbocycles. The van der Waals surface area contributed by atoms with Crippen LogP contribution in [-0.2, 0) is 26.4 Å². The predicted molar refractivity (Wildman–Crippen MR) is 68.9 cm³/mol. The number of hydrogen-bond donors (Lipinski definition) is 1. The van der Waals surface area contributed by atoms with Crippen LogP contribution >= 0.6 is 0 Å². The van der Waals surface area contributed by atoms with Gasteiger partial charge in [-0.15, -0.1) is 5.10 Å². The van der Waals surface area contributed by atoms with Gasteiger partial charge in [0.25, 0.3) is 0 Å². The van der Waals surface area contributed by atoms with Gasteiger partial charge in [-0.05, 0) is 37.8 Å². The molecule has 2 heterocycles. The van der Waals surface area contributed by atoms with E-state index in [1.807, 2.05) is 35.0 Å². The van der Waals surface area contributed by atoms with E-state index >= 15 is 0 Å². The number of aryl methyl sites for hydroxylation is 4. The Morgan fingerprint density at radius 3 is 2.83 bits per heavy atom. The van der Waals surface area contributed by atoms with Gasteiger partial charge in [0.05, 0.1) is 11.9 Å². The first-order chi connectivity index (χ1) is 8.78. The van der Waals surface area contributed by atoms with Crippen LogP contribution in [0.5, 0.6) is 0 Å². The minimum absolute atomic E-state index is 0.745. The molecule has 2 aromatic rings. The van der Waals surface area contributed by atoms with Crippen LogP contribution in [-0.4, -0.2) is 31.3 Å². The van der Waals surface area contributed by atoms with E-state index in [0.29, 0.717) is 0 Å². The molecule has 6 heteroatoms. The Hall–Kier alpha value is -1.69. The highest BCUT2D eigenvalue weighted by atomic mass is 15.4. The second-order valence-corrected chi connectivity index (χ2v) is 4.49. The molecule has 6 nitrogen and oxygen atoms in total. The molecule has 0 aliphatic carbocycles. The lowest BCUT2D eigenvalue weighted by Gasteiger charge is -1.97. The molecule has 2 N–H and O–H groups in total. The van der Waals surface area contributed by atoms with E-state index in [0.717, 1.165) is 44.5 Å². The summed E-state index contributed by atoms with van der Waals surface area (Å²) in [6.45, 7) is 1.59. The summed E-state index contributed by atoms with van der Waals surface area (Å²) in [5.74, 6) is 0. The zero-order valence-corrected chi connectivity index (χ0v) is 10.8. The van der Waals surface area contributed by atoms with E-state index in [4.69, 9.17) is 5.73 Å². The summed E-state index contributed by atoms with van der Waals surface area (Å²) in [7, 11) is 1.93. The monoisotopic (exact) mass is 248 g/mol. The Morgan fingerprint density at radius 1 is 1.22 bits per heavy atom. The van der Waals surface area contributed by atoms with Gasteiger partial charge in [0.15, 0.2) is 0 Å². The highest BCUT2D eigenvalue weighted by molar-refractivity contribution is 5.03. The summed E-state index contributed by atoms with van der Waals surface area (Å²) in [6.07, 6.45) is 9.95. The van der Waals surface area contributed by atoms with Crippen molar-refractivity contribution < 1.29 is 0 Å². The van der Waals surface area contributed by atoms with E-state index in [1.54, 1.807) is 0 Å². The van der Waals surface area contributed by atoms with Crippen molar-refractivity contribution in [1.29, 1.82) is 0 Å². The van der Waals surface area contributed by atoms with Crippen molar-refractivity contribution in [2.75, 3.05) is 6.54 Å². The fourth-order valence-electron chi connectivity index (χ4n) is 1.86. The van der Waals surface area contributed by atoms with Gasteiger partial charge in [0.2, 0.25) is 0 Å². The number of nitrogens with zero attached hydrogens (tertiary/aromatic N) is 5. The molecular formula is C12H20N6. The van der Waals surface area contributed by atoms with E-state index in [2.05, 4.69) is 15.4 Å². The van der Waals surface area contributed by atoms with Crippen LogP contribution in [0.4, 0.5) is 0 Å². The van der Waals surface area contributed by atoms with Gasteiger partial charge < -0.3 is 5.73 Å². The third-order valence-corrected chi connectivity index (χ3v) is 2.86. The SMILES string of the molecule is Cn1cc(CCn2cc(CCCCN)nn2)cn1. The first-order valence-corrected chi connectivity index (χ1v) is 6.34. The Kier molecular flexibility index (Phi) is 4.46. The molecule has 0 amide bonds. The fourth-order valence-corrected chi connectivity index (χ4v) is 1.86. The molecule has 0 spiro atoms. The lowest BCUT2D eigenvalue weighted by Crippen LogP contribution is -2.01. The van der Waals surface area contributed by atoms with Crippen molar-refractivity contribution in [2.24, 2.45) is 12.8 Å². The first kappa shape index (κ1) is 12.8. The summed E-state index contributed by atoms with van der Waals surface area (Å²) >= 11 is 0. The number of hydrogen-bond acceptors (Lipinski definition) is 4. The molecule has 0 saturated heterocycles. The lowest BCUT2D eigenvalue weighted by molar-refractivity contribution is 0.588. The summed E-state index contributed by atoms with van der Waals surface area (Å²) in [4.78, 5) is 0. The summed E-state index contributed by atoms with van der Waals surface area (Å²) in [6, 6.07) is 0. The van der Waals surface area contributed by atoms with Gasteiger partial charge in [0.1, 0.15) is 0 Å². The van der Waals surface area contributed by atoms with Crippen LogP contribution in [0.25, 0.3) is 0 Å². The zero-order valence-electron chi connectivity index (χ0n) is 10.8. The summed E-state index contributed by atoms with van der Waals surface area (Å²) in [5, 5.41) is 12.4. The molecule has 2 aromatic heterocycles. The molecule has 18 heavy (non-hydrogen) atoms. The van der Waals surface area contributed by atoms with Gasteiger partial charge in [-0.2, -0.15) is 5.10 Å². The minimum Gasteiger partial charge on any atom is -0.330 e. The molecule has 98 valence electrons. The van der Waals surface area contributed by atoms with Crippen LogP contribution in [0.3, 0.4) is 0 Å². The van der Waals surface area contributed by atoms with Gasteiger partial charge in [-0.1, -0.05) is 5.21 Å². The van der Waals surface area contributed by atoms with E-state index in [1.165, 1.54) is 5.56 Å². The topological polar surface area (TPSA) is 74.5 Å². The summed E-state index contributed by atoms with van der Waals surface area (Å²) < 4.78 is 3.71. The number of nitrogens with two attached hydrogens (primary N) is 1. The Balaban J connectivity index is 1.79. The second-order valence-electron chi connectivity index (χ2n) is 4.49. The van der Waals surface area contributed by atoms with Crippen molar-refractivity contribution in [2.45, 2.75) is 32.2 Å². The number of rotatable bonds is 7. The predicted octanol–water partition coefficient (Wildman–Crippen LogP) is 0.536. The molecule has 2 rings (SSSR count). The molecule has 0 aliphatic rings. The van der Waals surface area contributed by atoms with Gasteiger partial charge in [0, 0.05) is 26.0 Å². The van der Waals surface area contributed by atoms with Crippen LogP contribution in [0.15, 0.2) is 18.6 Å². The highest BCUT2D eigenvalue weighted by Gasteiger charge is 2.02. The number of unbranched alkanes of at least 4 members (excludes halogenated alkanes) is 1. The van der Waals surface area contributed by atoms with Crippen LogP contribution in [0.1, 0.15) is 24.1 Å². The van der Waals surface area contributed by atoms with Crippen LogP contribution in [0.2, 0.25) is 0 Å². The second kappa shape index (κ2) is 6.30. The minimum atomic E-state index is 0.745. The third kappa shape index (κ3) is 3.66. The van der Waals surface area contributed by atoms with Crippen LogP contribution in [0, 0.1) is 0 Å². The maximum absolute atomic E-state index is 5.46. The van der Waals surface area contributed by atoms with Crippen molar-refractivity contribution in [3.8, 4) is 0 Å². The third-order valence-electron chi connectivity index (χ3n) is 2.86. The van der Waals surface area contributed by atoms with Crippen molar-refractivity contribution >= 4 is 0 Å². The summed E-state index contributed by atoms with van der Waals surface area (Å²) in [5.41, 5.74) is 7.73. The molecule has 0 aliphatic heterocycles. The average Bonchev–Trinajstić information content (AvgIpc) is 2.96. The maximum atomic E-state index is 5.46. The molecule has 0 radical (unpaired) electrons. The maximum Gasteiger partial charge on any atom is 0.0827 e. The molecule has 0 saturated carbocycles. The molecule has 0 atom stereocenters. The van der Waals surface area contributed by atoms with Gasteiger partial charge in [-0.25, -0.2) is 0 Å². The van der Waals surface area contributed by atoms with E-state index in [9.17, 15) is 0 Å². The lowest BCUT2D eigenvalue weighted by atomic mass is 10.2. The average molecular weight is 248 g/mol. The van der Waals surface area contributed by atoms with E-state index in [-0.39, 0.29) is 0 Å². The Morgan fingerprint density at radius 2 is 2.11 bits per heavy atom. The Bertz CT molecular complexity index is 472. The van der Waals surface area contributed by atoms with Crippen molar-refractivity contribution in [3.05, 3.63) is 29.8 Å². The standard InChI is InChI=1S/C12H20N6/c1-17-9-11(8-14-17)5-7-18-10-12(15-16-18)4-2-3-6-13/h8-10H,2-7,13H2,1H3. The van der Waals surface area contributed by atoms with E-state index < -0.39 is 0 Å². The van der Waals surface area contributed by atoms with Gasteiger partial charge >= 0.3 is 0 Å². The molecular weight excluding hydrogens is 228 g/mol. The van der Waals surface area contributed by atoms with Crippen molar-refractivity contribution in [3.63, 3.8) is 0 Å². The first-order valence-electron chi connectivity index (χ1n) is 6.34. The Labute approximate surface area is 107 Å². The zero-order chi connectivity index (χ0) is 12.8. The van der Waals surface area contributed by atoms with Gasteiger partial charge in [-0.3, -0.25) is 9.36 Å². The normalized spacial score (nSPS) is 11.0. The quantitative estimate of drug-likeness (QED) is 0.726. The fraction of sp³-hybridized carbons (Fsp3) is 0.583. The largest absolute Gasteiger partial charge is 0.330 e. The highest BCUT2D eigenvalue weighted by Crippen LogP contribution is 2.03. The molecule has 0 unspecified atom stereocenters. The van der Waals surface area contributed by atoms with Crippen LogP contribution < -0.4 is 5.73 Å². The number of aromatic nitrogens is 5. The van der Waals surface area contributed by atoms with Crippen molar-refractivity contribution in [1.82, 2.24) is 24.8 Å². The molecule has 0 fully saturated rings. The molecule has 0 bridgehead atoms.